The summed E-state index contributed by atoms with van der Waals surface area (Å²) in [5.74, 6) is -1.23. The number of fused-ring (bicyclic) bond motifs is 1. The first-order chi connectivity index (χ1) is 16.3. The van der Waals surface area contributed by atoms with Gasteiger partial charge in [-0.05, 0) is 81.6 Å². The number of carbonyl (C=O) groups is 1. The number of anilines is 2. The van der Waals surface area contributed by atoms with Gasteiger partial charge in [-0.2, -0.15) is 0 Å². The number of nitrogens with one attached hydrogen (secondary N) is 2. The second-order valence-electron chi connectivity index (χ2n) is 9.17. The smallest absolute Gasteiger partial charge is 0.338 e. The fraction of sp³-hybridized carbons (Fsp3) is 0.423. The van der Waals surface area contributed by atoms with Crippen molar-refractivity contribution in [3.8, 4) is 0 Å². The van der Waals surface area contributed by atoms with Crippen LogP contribution < -0.4 is 10.0 Å². The van der Waals surface area contributed by atoms with E-state index in [9.17, 15) is 18.3 Å². The Kier molecular flexibility index (Phi) is 7.28. The Morgan fingerprint density at radius 3 is 2.59 bits per heavy atom. The average Bonchev–Trinajstić information content (AvgIpc) is 3.32. The summed E-state index contributed by atoms with van der Waals surface area (Å²) in [4.78, 5) is 14.8. The standard InChI is InChI=1S/C26H33N3O4S/c1-18-10-11-20-12-13-22(25(26(30)31)24(20)19(18)2)28-34(32,33)23-9-4-3-8-21(23)27-14-7-17-29-15-5-6-16-29/h3-4,8-10,12-13,19,27-28H,5-7,11,14-17H2,1-2H3,(H,30,31). The van der Waals surface area contributed by atoms with Crippen molar-refractivity contribution in [3.05, 3.63) is 64.7 Å². The van der Waals surface area contributed by atoms with Crippen molar-refractivity contribution >= 4 is 27.4 Å². The Morgan fingerprint density at radius 2 is 1.85 bits per heavy atom. The minimum atomic E-state index is -4.01. The number of nitrogens with zero attached hydrogens (tertiary/aromatic N) is 1. The van der Waals surface area contributed by atoms with Gasteiger partial charge in [0.2, 0.25) is 0 Å². The van der Waals surface area contributed by atoms with E-state index in [0.29, 0.717) is 24.2 Å². The van der Waals surface area contributed by atoms with Gasteiger partial charge in [-0.25, -0.2) is 13.2 Å². The Bertz CT molecular complexity index is 1200. The van der Waals surface area contributed by atoms with Crippen LogP contribution in [0.25, 0.3) is 0 Å². The van der Waals surface area contributed by atoms with Crippen molar-refractivity contribution in [1.29, 1.82) is 0 Å². The van der Waals surface area contributed by atoms with Gasteiger partial charge in [0.05, 0.1) is 16.9 Å². The zero-order valence-corrected chi connectivity index (χ0v) is 20.6. The van der Waals surface area contributed by atoms with E-state index in [4.69, 9.17) is 0 Å². The quantitative estimate of drug-likeness (QED) is 0.354. The molecule has 34 heavy (non-hydrogen) atoms. The highest BCUT2D eigenvalue weighted by Crippen LogP contribution is 2.38. The molecule has 2 aromatic carbocycles. The molecule has 7 nitrogen and oxygen atoms in total. The number of aromatic carboxylic acids is 1. The van der Waals surface area contributed by atoms with Crippen molar-refractivity contribution in [3.63, 3.8) is 0 Å². The van der Waals surface area contributed by atoms with Gasteiger partial charge in [0.25, 0.3) is 10.0 Å². The van der Waals surface area contributed by atoms with Crippen LogP contribution in [0.2, 0.25) is 0 Å². The molecule has 1 heterocycles. The van der Waals surface area contributed by atoms with Crippen LogP contribution in [0.3, 0.4) is 0 Å². The molecule has 4 rings (SSSR count). The van der Waals surface area contributed by atoms with Crippen LogP contribution in [0.1, 0.15) is 60.5 Å². The van der Waals surface area contributed by atoms with Gasteiger partial charge in [0.15, 0.2) is 0 Å². The first-order valence-electron chi connectivity index (χ1n) is 11.9. The van der Waals surface area contributed by atoms with Gasteiger partial charge in [-0.1, -0.05) is 36.8 Å². The summed E-state index contributed by atoms with van der Waals surface area (Å²) in [5, 5.41) is 13.3. The predicted molar refractivity (Wildman–Crippen MR) is 135 cm³/mol. The van der Waals surface area contributed by atoms with Crippen LogP contribution in [0.4, 0.5) is 11.4 Å². The molecule has 1 aliphatic heterocycles. The summed E-state index contributed by atoms with van der Waals surface area (Å²) in [6.07, 6.45) is 6.14. The van der Waals surface area contributed by atoms with Gasteiger partial charge >= 0.3 is 5.97 Å². The summed E-state index contributed by atoms with van der Waals surface area (Å²) in [6.45, 7) is 7.84. The first-order valence-corrected chi connectivity index (χ1v) is 13.4. The van der Waals surface area contributed by atoms with Crippen LogP contribution in [-0.4, -0.2) is 50.6 Å². The third-order valence-corrected chi connectivity index (χ3v) is 8.32. The molecule has 0 radical (unpaired) electrons. The first kappa shape index (κ1) is 24.3. The molecule has 182 valence electrons. The number of sulfonamides is 1. The highest BCUT2D eigenvalue weighted by atomic mass is 32.2. The molecule has 0 aromatic heterocycles. The minimum Gasteiger partial charge on any atom is -0.478 e. The maximum Gasteiger partial charge on any atom is 0.338 e. The van der Waals surface area contributed by atoms with Crippen LogP contribution in [0.15, 0.2) is 52.9 Å². The molecular weight excluding hydrogens is 450 g/mol. The predicted octanol–water partition coefficient (Wildman–Crippen LogP) is 4.69. The molecule has 1 fully saturated rings. The van der Waals surface area contributed by atoms with Crippen molar-refractivity contribution < 1.29 is 18.3 Å². The largest absolute Gasteiger partial charge is 0.478 e. The Morgan fingerprint density at radius 1 is 1.12 bits per heavy atom. The Hall–Kier alpha value is -2.84. The lowest BCUT2D eigenvalue weighted by molar-refractivity contribution is 0.0696. The van der Waals surface area contributed by atoms with Crippen LogP contribution in [-0.2, 0) is 16.4 Å². The number of carboxylic acid groups (broad SMARTS) is 1. The number of para-hydroxylation sites is 1. The lowest BCUT2D eigenvalue weighted by Gasteiger charge is -2.26. The highest BCUT2D eigenvalue weighted by molar-refractivity contribution is 7.92. The summed E-state index contributed by atoms with van der Waals surface area (Å²) in [5.41, 5.74) is 3.31. The van der Waals surface area contributed by atoms with E-state index < -0.39 is 16.0 Å². The highest BCUT2D eigenvalue weighted by Gasteiger charge is 2.28. The van der Waals surface area contributed by atoms with Gasteiger partial charge in [-0.3, -0.25) is 4.72 Å². The summed E-state index contributed by atoms with van der Waals surface area (Å²) in [6, 6.07) is 10.1. The number of allylic oxidation sites excluding steroid dienone is 2. The maximum absolute atomic E-state index is 13.4. The van der Waals surface area contributed by atoms with Gasteiger partial charge in [-0.15, -0.1) is 0 Å². The lowest BCUT2D eigenvalue weighted by Crippen LogP contribution is -2.23. The van der Waals surface area contributed by atoms with E-state index in [0.717, 1.165) is 37.2 Å². The monoisotopic (exact) mass is 483 g/mol. The zero-order chi connectivity index (χ0) is 24.3. The number of likely N-dealkylation sites (tertiary alicyclic amines) is 1. The number of hydrogen-bond acceptors (Lipinski definition) is 5. The van der Waals surface area contributed by atoms with Crippen LogP contribution in [0.5, 0.6) is 0 Å². The van der Waals surface area contributed by atoms with Gasteiger partial charge in [0.1, 0.15) is 4.90 Å². The molecule has 0 amide bonds. The third-order valence-electron chi connectivity index (χ3n) is 6.90. The molecule has 0 spiro atoms. The molecule has 0 bridgehead atoms. The minimum absolute atomic E-state index is 0.0251. The van der Waals surface area contributed by atoms with Crippen molar-refractivity contribution in [1.82, 2.24) is 4.90 Å². The number of benzene rings is 2. The van der Waals surface area contributed by atoms with E-state index >= 15 is 0 Å². The Balaban J connectivity index is 1.56. The lowest BCUT2D eigenvalue weighted by atomic mass is 9.80. The number of rotatable bonds is 9. The summed E-state index contributed by atoms with van der Waals surface area (Å²) in [7, 11) is -4.01. The molecule has 2 aromatic rings. The fourth-order valence-electron chi connectivity index (χ4n) is 4.90. The second kappa shape index (κ2) is 10.2. The summed E-state index contributed by atoms with van der Waals surface area (Å²) < 4.78 is 29.3. The van der Waals surface area contributed by atoms with E-state index in [2.05, 4.69) is 21.0 Å². The van der Waals surface area contributed by atoms with E-state index in [1.54, 1.807) is 30.3 Å². The molecule has 2 aliphatic rings. The van der Waals surface area contributed by atoms with E-state index in [1.807, 2.05) is 19.9 Å². The molecule has 3 N–H and O–H groups in total. The number of carboxylic acids is 1. The van der Waals surface area contributed by atoms with E-state index in [-0.39, 0.29) is 22.1 Å². The van der Waals surface area contributed by atoms with Gasteiger partial charge < -0.3 is 15.3 Å². The second-order valence-corrected chi connectivity index (χ2v) is 10.8. The molecule has 0 saturated carbocycles. The van der Waals surface area contributed by atoms with Gasteiger partial charge in [0, 0.05) is 12.5 Å². The normalized spacial score (nSPS) is 18.3. The Labute approximate surface area is 201 Å². The molecule has 1 aliphatic carbocycles. The molecule has 8 heteroatoms. The number of hydrogen-bond donors (Lipinski definition) is 3. The van der Waals surface area contributed by atoms with Crippen molar-refractivity contribution in [2.24, 2.45) is 0 Å². The SMILES string of the molecule is CC1=CCc2ccc(NS(=O)(=O)c3ccccc3NCCCN3CCCC3)c(C(=O)O)c2C1C. The zero-order valence-electron chi connectivity index (χ0n) is 19.8. The van der Waals surface area contributed by atoms with Crippen molar-refractivity contribution in [2.45, 2.75) is 50.3 Å². The van der Waals surface area contributed by atoms with Crippen LogP contribution >= 0.6 is 0 Å². The maximum atomic E-state index is 13.4. The summed E-state index contributed by atoms with van der Waals surface area (Å²) >= 11 is 0. The molecule has 1 saturated heterocycles. The van der Waals surface area contributed by atoms with E-state index in [1.165, 1.54) is 12.8 Å². The average molecular weight is 484 g/mol. The molecule has 1 atom stereocenters. The topological polar surface area (TPSA) is 98.7 Å². The molecular formula is C26H33N3O4S. The molecule has 1 unspecified atom stereocenters. The third kappa shape index (κ3) is 5.13. The fourth-order valence-corrected chi connectivity index (χ4v) is 6.16. The van der Waals surface area contributed by atoms with Crippen LogP contribution in [0, 0.1) is 0 Å². The van der Waals surface area contributed by atoms with Crippen molar-refractivity contribution in [2.75, 3.05) is 36.2 Å².